The summed E-state index contributed by atoms with van der Waals surface area (Å²) in [5.74, 6) is 0. The lowest BCUT2D eigenvalue weighted by Gasteiger charge is -2.43. The molecule has 0 aromatic heterocycles. The Morgan fingerprint density at radius 3 is 1.68 bits per heavy atom. The van der Waals surface area contributed by atoms with E-state index < -0.39 is 16.4 Å². The molecule has 0 unspecified atom stereocenters. The van der Waals surface area contributed by atoms with Crippen molar-refractivity contribution in [2.24, 2.45) is 0 Å². The van der Waals surface area contributed by atoms with E-state index in [0.717, 1.165) is 19.1 Å². The van der Waals surface area contributed by atoms with Crippen LogP contribution >= 0.6 is 0 Å². The Morgan fingerprint density at radius 1 is 0.681 bits per heavy atom. The molecule has 0 aliphatic carbocycles. The van der Waals surface area contributed by atoms with Crippen molar-refractivity contribution >= 4 is 26.8 Å². The van der Waals surface area contributed by atoms with Crippen molar-refractivity contribution in [1.82, 2.24) is 0 Å². The van der Waals surface area contributed by atoms with E-state index in [4.69, 9.17) is 18.6 Å². The highest BCUT2D eigenvalue weighted by Gasteiger charge is 2.50. The van der Waals surface area contributed by atoms with E-state index >= 15 is 0 Å². The molecule has 0 amide bonds. The Hall–Kier alpha value is -1.71. The summed E-state index contributed by atoms with van der Waals surface area (Å²) in [5.41, 5.74) is 0. The predicted molar refractivity (Wildman–Crippen MR) is 208 cm³/mol. The minimum Gasteiger partial charge on any atom is -0.499 e. The predicted octanol–water partition coefficient (Wildman–Crippen LogP) is 10.9. The molecule has 0 N–H and O–H groups in total. The zero-order valence-electron chi connectivity index (χ0n) is 31.4. The molecule has 1 atom stereocenters. The van der Waals surface area contributed by atoms with E-state index in [1.54, 1.807) is 0 Å². The summed E-state index contributed by atoms with van der Waals surface area (Å²) in [7, 11) is -3.83. The van der Waals surface area contributed by atoms with Gasteiger partial charge in [0, 0.05) is 14.7 Å². The van der Waals surface area contributed by atoms with Gasteiger partial charge < -0.3 is 18.6 Å². The average molecular weight is 683 g/mol. The van der Waals surface area contributed by atoms with E-state index in [-0.39, 0.29) is 17.9 Å². The molecule has 266 valence electrons. The Labute approximate surface area is 292 Å². The van der Waals surface area contributed by atoms with Gasteiger partial charge in [0.25, 0.3) is 8.32 Å². The third-order valence-electron chi connectivity index (χ3n) is 8.98. The molecule has 0 saturated carbocycles. The van der Waals surface area contributed by atoms with Gasteiger partial charge in [-0.15, -0.1) is 0 Å². The maximum Gasteiger partial charge on any atom is 0.261 e. The number of ether oxygens (including phenoxy) is 3. The third kappa shape index (κ3) is 17.0. The van der Waals surface area contributed by atoms with Gasteiger partial charge >= 0.3 is 0 Å². The number of hydrogen-bond acceptors (Lipinski definition) is 4. The highest BCUT2D eigenvalue weighted by molar-refractivity contribution is 6.99. The largest absolute Gasteiger partial charge is 0.499 e. The van der Waals surface area contributed by atoms with E-state index in [1.807, 2.05) is 6.26 Å². The highest BCUT2D eigenvalue weighted by atomic mass is 28.4. The summed E-state index contributed by atoms with van der Waals surface area (Å²) in [4.78, 5) is 0. The molecule has 0 aliphatic rings. The van der Waals surface area contributed by atoms with Crippen LogP contribution in [0.1, 0.15) is 111 Å². The quantitative estimate of drug-likeness (QED) is 0.0407. The summed E-state index contributed by atoms with van der Waals surface area (Å²) in [6.45, 7) is 18.2. The van der Waals surface area contributed by atoms with Gasteiger partial charge in [0.1, 0.15) is 19.5 Å². The number of allylic oxidation sites excluding steroid dienone is 1. The zero-order valence-corrected chi connectivity index (χ0v) is 33.4. The van der Waals surface area contributed by atoms with Crippen LogP contribution in [0, 0.1) is 0 Å². The SMILES string of the molecule is CCCCCCCCCCCCCC/C=C\OC[C@@H](CO[Si](c1ccccc1)(c1ccccc1)C(C)(C)C)OCOCC[Si](C)(C)C. The Morgan fingerprint density at radius 2 is 1.19 bits per heavy atom. The molecule has 0 aliphatic heterocycles. The number of hydrogen-bond donors (Lipinski definition) is 0. The fourth-order valence-electron chi connectivity index (χ4n) is 6.11. The molecule has 0 radical (unpaired) electrons. The second kappa shape index (κ2) is 23.6. The minimum absolute atomic E-state index is 0.0941. The third-order valence-corrected chi connectivity index (χ3v) is 15.7. The van der Waals surface area contributed by atoms with E-state index in [0.29, 0.717) is 13.2 Å². The first-order valence-electron chi connectivity index (χ1n) is 18.8. The monoisotopic (exact) mass is 682 g/mol. The maximum absolute atomic E-state index is 7.18. The second-order valence-corrected chi connectivity index (χ2v) is 25.4. The molecule has 0 fully saturated rings. The van der Waals surface area contributed by atoms with Crippen molar-refractivity contribution in [1.29, 1.82) is 0 Å². The number of unbranched alkanes of at least 4 members (excludes halogenated alkanes) is 12. The summed E-state index contributed by atoms with van der Waals surface area (Å²) in [5, 5.41) is 2.45. The average Bonchev–Trinajstić information content (AvgIpc) is 3.04. The first-order valence-corrected chi connectivity index (χ1v) is 24.4. The van der Waals surface area contributed by atoms with Crippen LogP contribution in [-0.4, -0.2) is 49.1 Å². The molecular formula is C41H70O4Si2. The van der Waals surface area contributed by atoms with Crippen LogP contribution in [-0.2, 0) is 18.6 Å². The van der Waals surface area contributed by atoms with Crippen LogP contribution in [0.2, 0.25) is 30.7 Å². The molecule has 47 heavy (non-hydrogen) atoms. The topological polar surface area (TPSA) is 36.9 Å². The van der Waals surface area contributed by atoms with Crippen molar-refractivity contribution in [3.8, 4) is 0 Å². The van der Waals surface area contributed by atoms with Gasteiger partial charge in [-0.1, -0.05) is 179 Å². The van der Waals surface area contributed by atoms with Crippen LogP contribution in [0.15, 0.2) is 73.0 Å². The minimum atomic E-state index is -2.67. The normalized spacial score (nSPS) is 13.3. The molecule has 4 nitrogen and oxygen atoms in total. The Bertz CT molecular complexity index is 1010. The maximum atomic E-state index is 7.18. The lowest BCUT2D eigenvalue weighted by molar-refractivity contribution is -0.112. The summed E-state index contributed by atoms with van der Waals surface area (Å²) in [6, 6.07) is 22.7. The van der Waals surface area contributed by atoms with Gasteiger partial charge in [0.05, 0.1) is 12.9 Å². The first kappa shape index (κ1) is 41.5. The molecule has 2 aromatic rings. The molecule has 0 bridgehead atoms. The van der Waals surface area contributed by atoms with Gasteiger partial charge in [0.2, 0.25) is 0 Å². The van der Waals surface area contributed by atoms with Gasteiger partial charge in [0.15, 0.2) is 0 Å². The molecule has 6 heteroatoms. The van der Waals surface area contributed by atoms with Gasteiger partial charge in [-0.3, -0.25) is 0 Å². The number of rotatable bonds is 27. The Kier molecular flexibility index (Phi) is 20.8. The van der Waals surface area contributed by atoms with E-state index in [9.17, 15) is 0 Å². The van der Waals surface area contributed by atoms with Crippen molar-refractivity contribution in [2.75, 3.05) is 26.6 Å². The van der Waals surface area contributed by atoms with Gasteiger partial charge in [-0.05, 0) is 40.4 Å². The first-order chi connectivity index (χ1) is 22.6. The fraction of sp³-hybridized carbons (Fsp3) is 0.659. The Balaban J connectivity index is 1.91. The summed E-state index contributed by atoms with van der Waals surface area (Å²) >= 11 is 0. The van der Waals surface area contributed by atoms with Crippen molar-refractivity contribution in [3.63, 3.8) is 0 Å². The molecule has 2 aromatic carbocycles. The zero-order chi connectivity index (χ0) is 34.3. The molecule has 0 saturated heterocycles. The highest BCUT2D eigenvalue weighted by Crippen LogP contribution is 2.37. The lowest BCUT2D eigenvalue weighted by Crippen LogP contribution is -2.67. The summed E-state index contributed by atoms with van der Waals surface area (Å²) in [6.07, 6.45) is 21.3. The lowest BCUT2D eigenvalue weighted by atomic mass is 10.0. The molecular weight excluding hydrogens is 613 g/mol. The van der Waals surface area contributed by atoms with Crippen LogP contribution in [0.3, 0.4) is 0 Å². The smallest absolute Gasteiger partial charge is 0.261 e. The van der Waals surface area contributed by atoms with Gasteiger partial charge in [-0.25, -0.2) is 0 Å². The number of benzene rings is 2. The van der Waals surface area contributed by atoms with Crippen molar-refractivity contribution in [2.45, 2.75) is 148 Å². The second-order valence-electron chi connectivity index (χ2n) is 15.5. The molecule has 0 spiro atoms. The van der Waals surface area contributed by atoms with Crippen LogP contribution in [0.5, 0.6) is 0 Å². The van der Waals surface area contributed by atoms with Crippen LogP contribution in [0.4, 0.5) is 0 Å². The van der Waals surface area contributed by atoms with Crippen LogP contribution < -0.4 is 10.4 Å². The van der Waals surface area contributed by atoms with E-state index in [2.05, 4.69) is 114 Å². The van der Waals surface area contributed by atoms with Gasteiger partial charge in [-0.2, -0.15) is 0 Å². The van der Waals surface area contributed by atoms with Crippen molar-refractivity contribution in [3.05, 3.63) is 73.0 Å². The molecule has 2 rings (SSSR count). The molecule has 0 heterocycles. The van der Waals surface area contributed by atoms with E-state index in [1.165, 1.54) is 87.4 Å². The standard InChI is InChI=1S/C41H70O4Si2/c1-8-9-10-11-12-13-14-15-16-17-18-19-20-27-32-42-35-38(44-37-43-33-34-46(5,6)7)36-45-47(41(2,3)4,39-28-23-21-24-29-39)40-30-25-22-26-31-40/h21-32,38H,8-20,33-37H2,1-7H3/b32-27-/t38-/m0/s1. The van der Waals surface area contributed by atoms with Crippen molar-refractivity contribution < 1.29 is 18.6 Å². The van der Waals surface area contributed by atoms with Crippen LogP contribution in [0.25, 0.3) is 0 Å². The summed E-state index contributed by atoms with van der Waals surface area (Å²) < 4.78 is 25.5. The fourth-order valence-corrected chi connectivity index (χ4v) is 11.5.